The zero-order valence-electron chi connectivity index (χ0n) is 9.53. The van der Waals surface area contributed by atoms with Gasteiger partial charge in [0.15, 0.2) is 0 Å². The van der Waals surface area contributed by atoms with E-state index in [0.717, 1.165) is 11.9 Å². The number of benzene rings is 1. The fourth-order valence-corrected chi connectivity index (χ4v) is 2.54. The lowest BCUT2D eigenvalue weighted by Crippen LogP contribution is -1.85. The number of aryl methyl sites for hydroxylation is 1. The smallest absolute Gasteiger partial charge is 0.0963 e. The van der Waals surface area contributed by atoms with E-state index in [4.69, 9.17) is 5.26 Å². The summed E-state index contributed by atoms with van der Waals surface area (Å²) >= 11 is 1.76. The number of hydrogen-bond acceptors (Lipinski definition) is 3. The number of thiazole rings is 1. The normalized spacial score (nSPS) is 10.9. The summed E-state index contributed by atoms with van der Waals surface area (Å²) in [4.78, 5) is 4.62. The maximum atomic E-state index is 8.55. The molecule has 0 bridgehead atoms. The number of aromatic nitrogens is 1. The van der Waals surface area contributed by atoms with Crippen LogP contribution in [0, 0.1) is 11.3 Å². The van der Waals surface area contributed by atoms with Crippen molar-refractivity contribution in [1.82, 2.24) is 4.98 Å². The first kappa shape index (κ1) is 11.1. The van der Waals surface area contributed by atoms with E-state index < -0.39 is 0 Å². The van der Waals surface area contributed by atoms with Gasteiger partial charge in [0.25, 0.3) is 0 Å². The van der Waals surface area contributed by atoms with Crippen molar-refractivity contribution in [1.29, 1.82) is 5.26 Å². The maximum Gasteiger partial charge on any atom is 0.0963 e. The monoisotopic (exact) mass is 230 g/mol. The Hall–Kier alpha value is -1.40. The van der Waals surface area contributed by atoms with Crippen molar-refractivity contribution in [3.05, 3.63) is 28.8 Å². The van der Waals surface area contributed by atoms with E-state index in [1.807, 2.05) is 0 Å². The fourth-order valence-electron chi connectivity index (χ4n) is 1.59. The molecule has 0 saturated carbocycles. The molecule has 0 N–H and O–H groups in total. The molecule has 0 atom stereocenters. The van der Waals surface area contributed by atoms with Crippen molar-refractivity contribution >= 4 is 21.6 Å². The number of hydrogen-bond donors (Lipinski definition) is 0. The summed E-state index contributed by atoms with van der Waals surface area (Å²) in [6, 6.07) is 8.49. The van der Waals surface area contributed by atoms with Crippen LogP contribution in [0.5, 0.6) is 0 Å². The fraction of sp³-hybridized carbons (Fsp3) is 0.385. The van der Waals surface area contributed by atoms with Gasteiger partial charge in [0.1, 0.15) is 0 Å². The van der Waals surface area contributed by atoms with Crippen LogP contribution in [0.3, 0.4) is 0 Å². The second-order valence-corrected chi connectivity index (χ2v) is 5.23. The molecule has 3 heteroatoms. The van der Waals surface area contributed by atoms with Crippen LogP contribution in [0.25, 0.3) is 10.2 Å². The highest BCUT2D eigenvalue weighted by molar-refractivity contribution is 7.18. The summed E-state index contributed by atoms with van der Waals surface area (Å²) in [5, 5.41) is 9.74. The Morgan fingerprint density at radius 3 is 2.94 bits per heavy atom. The largest absolute Gasteiger partial charge is 0.241 e. The van der Waals surface area contributed by atoms with E-state index in [1.54, 1.807) is 11.3 Å². The van der Waals surface area contributed by atoms with Crippen LogP contribution in [-0.4, -0.2) is 4.98 Å². The molecular formula is C13H14N2S. The van der Waals surface area contributed by atoms with Gasteiger partial charge in [-0.05, 0) is 24.1 Å². The highest BCUT2D eigenvalue weighted by Crippen LogP contribution is 2.27. The van der Waals surface area contributed by atoms with Crippen LogP contribution in [0.2, 0.25) is 0 Å². The molecule has 0 aliphatic heterocycles. The number of nitriles is 1. The van der Waals surface area contributed by atoms with Crippen molar-refractivity contribution in [2.75, 3.05) is 0 Å². The molecule has 1 heterocycles. The van der Waals surface area contributed by atoms with E-state index in [1.165, 1.54) is 15.3 Å². The molecule has 0 aliphatic rings. The van der Waals surface area contributed by atoms with Gasteiger partial charge in [0, 0.05) is 12.3 Å². The van der Waals surface area contributed by atoms with E-state index in [2.05, 4.69) is 43.1 Å². The van der Waals surface area contributed by atoms with Crippen LogP contribution in [-0.2, 0) is 6.42 Å². The first-order valence-electron chi connectivity index (χ1n) is 5.47. The van der Waals surface area contributed by atoms with Gasteiger partial charge >= 0.3 is 0 Å². The first-order chi connectivity index (χ1) is 7.70. The minimum Gasteiger partial charge on any atom is -0.241 e. The summed E-state index contributed by atoms with van der Waals surface area (Å²) in [5.41, 5.74) is 2.28. The molecule has 0 unspecified atom stereocenters. The molecule has 1 aromatic carbocycles. The zero-order valence-corrected chi connectivity index (χ0v) is 10.3. The molecule has 2 aromatic rings. The van der Waals surface area contributed by atoms with Crippen molar-refractivity contribution in [2.45, 2.75) is 32.6 Å². The maximum absolute atomic E-state index is 8.55. The molecule has 0 saturated heterocycles. The average Bonchev–Trinajstić information content (AvgIpc) is 2.69. The van der Waals surface area contributed by atoms with Gasteiger partial charge in [-0.15, -0.1) is 11.3 Å². The summed E-state index contributed by atoms with van der Waals surface area (Å²) in [5.74, 6) is 0.486. The summed E-state index contributed by atoms with van der Waals surface area (Å²) < 4.78 is 1.24. The van der Waals surface area contributed by atoms with Gasteiger partial charge in [-0.25, -0.2) is 4.98 Å². The lowest BCUT2D eigenvalue weighted by molar-refractivity contribution is 0.856. The Balaban J connectivity index is 2.35. The zero-order chi connectivity index (χ0) is 11.5. The van der Waals surface area contributed by atoms with Crippen molar-refractivity contribution in [3.63, 3.8) is 0 Å². The van der Waals surface area contributed by atoms with E-state index in [0.29, 0.717) is 12.3 Å². The predicted molar refractivity (Wildman–Crippen MR) is 67.6 cm³/mol. The standard InChI is InChI=1S/C13H14N2S/c1-9(2)13-15-11-8-10(4-3-7-14)5-6-12(11)16-13/h5-6,8-9H,3-4H2,1-2H3. The SMILES string of the molecule is CC(C)c1nc2cc(CCC#N)ccc2s1. The highest BCUT2D eigenvalue weighted by Gasteiger charge is 2.07. The molecule has 82 valence electrons. The van der Waals surface area contributed by atoms with Gasteiger partial charge in [0.05, 0.1) is 21.3 Å². The van der Waals surface area contributed by atoms with Crippen LogP contribution in [0.15, 0.2) is 18.2 Å². The quantitative estimate of drug-likeness (QED) is 0.802. The molecule has 0 spiro atoms. The second-order valence-electron chi connectivity index (χ2n) is 4.17. The number of rotatable bonds is 3. The third-order valence-corrected chi connectivity index (χ3v) is 3.82. The molecule has 0 amide bonds. The van der Waals surface area contributed by atoms with E-state index in [-0.39, 0.29) is 0 Å². The molecule has 16 heavy (non-hydrogen) atoms. The second kappa shape index (κ2) is 4.63. The molecule has 0 fully saturated rings. The Morgan fingerprint density at radius 1 is 1.44 bits per heavy atom. The minimum absolute atomic E-state index is 0.486. The van der Waals surface area contributed by atoms with Gasteiger partial charge < -0.3 is 0 Å². The summed E-state index contributed by atoms with van der Waals surface area (Å²) in [6.07, 6.45) is 1.40. The van der Waals surface area contributed by atoms with Gasteiger partial charge in [-0.2, -0.15) is 5.26 Å². The van der Waals surface area contributed by atoms with Gasteiger partial charge in [0.2, 0.25) is 0 Å². The van der Waals surface area contributed by atoms with Gasteiger partial charge in [-0.1, -0.05) is 19.9 Å². The predicted octanol–water partition coefficient (Wildman–Crippen LogP) is 3.88. The molecule has 0 radical (unpaired) electrons. The van der Waals surface area contributed by atoms with Gasteiger partial charge in [-0.3, -0.25) is 0 Å². The molecule has 2 rings (SSSR count). The van der Waals surface area contributed by atoms with Crippen LogP contribution in [0.1, 0.15) is 36.8 Å². The Labute approximate surface area is 99.6 Å². The Kier molecular flexibility index (Phi) is 3.21. The highest BCUT2D eigenvalue weighted by atomic mass is 32.1. The average molecular weight is 230 g/mol. The molecular weight excluding hydrogens is 216 g/mol. The van der Waals surface area contributed by atoms with E-state index >= 15 is 0 Å². The lowest BCUT2D eigenvalue weighted by atomic mass is 10.1. The molecule has 1 aromatic heterocycles. The summed E-state index contributed by atoms with van der Waals surface area (Å²) in [6.45, 7) is 4.32. The number of nitrogens with zero attached hydrogens (tertiary/aromatic N) is 2. The third-order valence-electron chi connectivity index (χ3n) is 2.49. The van der Waals surface area contributed by atoms with Crippen LogP contribution >= 0.6 is 11.3 Å². The first-order valence-corrected chi connectivity index (χ1v) is 6.28. The van der Waals surface area contributed by atoms with E-state index in [9.17, 15) is 0 Å². The van der Waals surface area contributed by atoms with Crippen molar-refractivity contribution in [3.8, 4) is 6.07 Å². The topological polar surface area (TPSA) is 36.7 Å². The number of fused-ring (bicyclic) bond motifs is 1. The minimum atomic E-state index is 0.486. The van der Waals surface area contributed by atoms with Crippen molar-refractivity contribution in [2.24, 2.45) is 0 Å². The lowest BCUT2D eigenvalue weighted by Gasteiger charge is -1.96. The Morgan fingerprint density at radius 2 is 2.25 bits per heavy atom. The van der Waals surface area contributed by atoms with Crippen LogP contribution < -0.4 is 0 Å². The van der Waals surface area contributed by atoms with Crippen LogP contribution in [0.4, 0.5) is 0 Å². The Bertz CT molecular complexity index is 534. The molecule has 0 aliphatic carbocycles. The van der Waals surface area contributed by atoms with Crippen molar-refractivity contribution < 1.29 is 0 Å². The third kappa shape index (κ3) is 2.23. The molecule has 2 nitrogen and oxygen atoms in total. The summed E-state index contributed by atoms with van der Waals surface area (Å²) in [7, 11) is 0.